The molecule has 1 heterocycles. The molecule has 0 bridgehead atoms. The molecule has 0 unspecified atom stereocenters. The van der Waals surface area contributed by atoms with Gasteiger partial charge in [0.05, 0.1) is 0 Å². The van der Waals surface area contributed by atoms with Crippen LogP contribution in [0.1, 0.15) is 0 Å². The molecule has 0 aliphatic carbocycles. The van der Waals surface area contributed by atoms with E-state index in [2.05, 4.69) is 40.2 Å². The van der Waals surface area contributed by atoms with Gasteiger partial charge in [-0.1, -0.05) is 36.4 Å². The monoisotopic (exact) mass is 238 g/mol. The standard InChI is InChI=1S/C8H7N.C8H11N/c1-2-4-8-7(3-1)5-6-9-8;1-9(2)8-6-4-3-5-7-8/h1-6,9H;3-7H,1-2H3. The van der Waals surface area contributed by atoms with Crippen molar-refractivity contribution < 1.29 is 0 Å². The van der Waals surface area contributed by atoms with Gasteiger partial charge in [0.15, 0.2) is 0 Å². The molecule has 1 N–H and O–H groups in total. The number of nitrogens with one attached hydrogen (secondary N) is 1. The van der Waals surface area contributed by atoms with E-state index in [1.807, 2.05) is 50.6 Å². The second-order valence-corrected chi connectivity index (χ2v) is 4.29. The van der Waals surface area contributed by atoms with Crippen molar-refractivity contribution >= 4 is 16.6 Å². The van der Waals surface area contributed by atoms with Crippen LogP contribution in [0.4, 0.5) is 5.69 Å². The minimum Gasteiger partial charge on any atom is -0.378 e. The Kier molecular flexibility index (Phi) is 4.02. The fourth-order valence-electron chi connectivity index (χ4n) is 1.72. The number of nitrogens with zero attached hydrogens (tertiary/aromatic N) is 1. The fourth-order valence-corrected chi connectivity index (χ4v) is 1.72. The molecule has 0 saturated carbocycles. The van der Waals surface area contributed by atoms with Crippen LogP contribution in [-0.2, 0) is 0 Å². The molecule has 0 fully saturated rings. The molecule has 18 heavy (non-hydrogen) atoms. The molecule has 0 aliphatic heterocycles. The van der Waals surface area contributed by atoms with Crippen LogP contribution in [0.25, 0.3) is 10.9 Å². The van der Waals surface area contributed by atoms with Gasteiger partial charge in [0.2, 0.25) is 0 Å². The van der Waals surface area contributed by atoms with Crippen LogP contribution in [0.2, 0.25) is 0 Å². The Bertz CT molecular complexity index is 552. The van der Waals surface area contributed by atoms with E-state index in [1.54, 1.807) is 0 Å². The first-order valence-corrected chi connectivity index (χ1v) is 6.02. The van der Waals surface area contributed by atoms with Crippen LogP contribution in [0.15, 0.2) is 66.9 Å². The maximum Gasteiger partial charge on any atom is 0.0453 e. The van der Waals surface area contributed by atoms with Gasteiger partial charge in [0, 0.05) is 31.5 Å². The molecule has 0 radical (unpaired) electrons. The average Bonchev–Trinajstić information content (AvgIpc) is 2.89. The van der Waals surface area contributed by atoms with Crippen molar-refractivity contribution in [2.45, 2.75) is 0 Å². The first-order valence-electron chi connectivity index (χ1n) is 6.02. The van der Waals surface area contributed by atoms with Gasteiger partial charge in [0.25, 0.3) is 0 Å². The number of para-hydroxylation sites is 2. The molecule has 3 rings (SSSR count). The van der Waals surface area contributed by atoms with Gasteiger partial charge in [-0.2, -0.15) is 0 Å². The Morgan fingerprint density at radius 3 is 2.06 bits per heavy atom. The lowest BCUT2D eigenvalue weighted by atomic mass is 10.3. The highest BCUT2D eigenvalue weighted by molar-refractivity contribution is 5.78. The maximum atomic E-state index is 3.12. The van der Waals surface area contributed by atoms with Crippen LogP contribution in [0.5, 0.6) is 0 Å². The lowest BCUT2D eigenvalue weighted by Crippen LogP contribution is -2.07. The van der Waals surface area contributed by atoms with E-state index in [9.17, 15) is 0 Å². The van der Waals surface area contributed by atoms with Crippen molar-refractivity contribution in [1.29, 1.82) is 0 Å². The van der Waals surface area contributed by atoms with Gasteiger partial charge in [0.1, 0.15) is 0 Å². The van der Waals surface area contributed by atoms with Crippen molar-refractivity contribution in [3.8, 4) is 0 Å². The molecule has 0 spiro atoms. The summed E-state index contributed by atoms with van der Waals surface area (Å²) in [5.74, 6) is 0. The summed E-state index contributed by atoms with van der Waals surface area (Å²) in [5.41, 5.74) is 2.45. The zero-order valence-corrected chi connectivity index (χ0v) is 10.8. The molecule has 3 aromatic rings. The summed E-state index contributed by atoms with van der Waals surface area (Å²) in [6, 6.07) is 20.5. The second-order valence-electron chi connectivity index (χ2n) is 4.29. The third kappa shape index (κ3) is 3.14. The normalized spacial score (nSPS) is 9.67. The number of hydrogen-bond donors (Lipinski definition) is 1. The lowest BCUT2D eigenvalue weighted by molar-refractivity contribution is 1.13. The van der Waals surface area contributed by atoms with Crippen molar-refractivity contribution in [3.63, 3.8) is 0 Å². The molecule has 0 aliphatic rings. The van der Waals surface area contributed by atoms with E-state index in [0.29, 0.717) is 0 Å². The van der Waals surface area contributed by atoms with Gasteiger partial charge >= 0.3 is 0 Å². The van der Waals surface area contributed by atoms with Crippen molar-refractivity contribution in [2.75, 3.05) is 19.0 Å². The topological polar surface area (TPSA) is 19.0 Å². The van der Waals surface area contributed by atoms with E-state index < -0.39 is 0 Å². The number of benzene rings is 2. The minimum atomic E-state index is 1.21. The molecule has 0 amide bonds. The van der Waals surface area contributed by atoms with Gasteiger partial charge in [-0.25, -0.2) is 0 Å². The number of aromatic amines is 1. The molecule has 0 atom stereocenters. The predicted molar refractivity (Wildman–Crippen MR) is 79.1 cm³/mol. The van der Waals surface area contributed by atoms with E-state index in [0.717, 1.165) is 0 Å². The van der Waals surface area contributed by atoms with Crippen LogP contribution in [-0.4, -0.2) is 19.1 Å². The van der Waals surface area contributed by atoms with Gasteiger partial charge in [-0.05, 0) is 29.7 Å². The Morgan fingerprint density at radius 1 is 0.778 bits per heavy atom. The van der Waals surface area contributed by atoms with Gasteiger partial charge in [-0.15, -0.1) is 0 Å². The Balaban J connectivity index is 0.000000134. The number of anilines is 1. The molecular formula is C16H18N2. The smallest absolute Gasteiger partial charge is 0.0453 e. The number of aromatic nitrogens is 1. The summed E-state index contributed by atoms with van der Waals surface area (Å²) < 4.78 is 0. The minimum absolute atomic E-state index is 1.21. The number of fused-ring (bicyclic) bond motifs is 1. The first kappa shape index (κ1) is 12.2. The van der Waals surface area contributed by atoms with Crippen LogP contribution < -0.4 is 4.90 Å². The summed E-state index contributed by atoms with van der Waals surface area (Å²) in [7, 11) is 4.07. The molecular weight excluding hydrogens is 220 g/mol. The highest BCUT2D eigenvalue weighted by Gasteiger charge is 1.88. The number of hydrogen-bond acceptors (Lipinski definition) is 1. The predicted octanol–water partition coefficient (Wildman–Crippen LogP) is 3.92. The van der Waals surface area contributed by atoms with Crippen LogP contribution >= 0.6 is 0 Å². The first-order chi connectivity index (χ1) is 8.77. The molecule has 0 saturated heterocycles. The Morgan fingerprint density at radius 2 is 1.44 bits per heavy atom. The third-order valence-corrected chi connectivity index (χ3v) is 2.74. The van der Waals surface area contributed by atoms with E-state index in [1.165, 1.54) is 16.6 Å². The SMILES string of the molecule is CN(C)c1ccccc1.c1ccc2[nH]ccc2c1. The quantitative estimate of drug-likeness (QED) is 0.680. The molecule has 92 valence electrons. The molecule has 2 heteroatoms. The van der Waals surface area contributed by atoms with E-state index in [4.69, 9.17) is 0 Å². The number of H-pyrrole nitrogens is 1. The van der Waals surface area contributed by atoms with Gasteiger partial charge in [-0.3, -0.25) is 0 Å². The zero-order chi connectivity index (χ0) is 12.8. The highest BCUT2D eigenvalue weighted by atomic mass is 15.1. The van der Waals surface area contributed by atoms with Crippen molar-refractivity contribution in [1.82, 2.24) is 4.98 Å². The van der Waals surface area contributed by atoms with Crippen molar-refractivity contribution in [2.24, 2.45) is 0 Å². The summed E-state index contributed by atoms with van der Waals surface area (Å²) in [5, 5.41) is 1.28. The molecule has 2 aromatic carbocycles. The molecule has 1 aromatic heterocycles. The van der Waals surface area contributed by atoms with Gasteiger partial charge < -0.3 is 9.88 Å². The Hall–Kier alpha value is -2.22. The summed E-state index contributed by atoms with van der Waals surface area (Å²) in [6.07, 6.45) is 1.95. The summed E-state index contributed by atoms with van der Waals surface area (Å²) in [6.45, 7) is 0. The zero-order valence-electron chi connectivity index (χ0n) is 10.8. The Labute approximate surface area is 108 Å². The fraction of sp³-hybridized carbons (Fsp3) is 0.125. The van der Waals surface area contributed by atoms with E-state index in [-0.39, 0.29) is 0 Å². The average molecular weight is 238 g/mol. The maximum absolute atomic E-state index is 3.12. The largest absolute Gasteiger partial charge is 0.378 e. The van der Waals surface area contributed by atoms with Crippen LogP contribution in [0, 0.1) is 0 Å². The van der Waals surface area contributed by atoms with Crippen LogP contribution in [0.3, 0.4) is 0 Å². The molecule has 2 nitrogen and oxygen atoms in total. The highest BCUT2D eigenvalue weighted by Crippen LogP contribution is 2.09. The number of rotatable bonds is 1. The second kappa shape index (κ2) is 5.92. The van der Waals surface area contributed by atoms with E-state index >= 15 is 0 Å². The summed E-state index contributed by atoms with van der Waals surface area (Å²) >= 11 is 0. The van der Waals surface area contributed by atoms with Crippen molar-refractivity contribution in [3.05, 3.63) is 66.9 Å². The third-order valence-electron chi connectivity index (χ3n) is 2.74. The lowest BCUT2D eigenvalue weighted by Gasteiger charge is -2.10. The summed E-state index contributed by atoms with van der Waals surface area (Å²) in [4.78, 5) is 5.20.